The number of hydrogen-bond acceptors (Lipinski definition) is 2. The predicted molar refractivity (Wildman–Crippen MR) is 67.7 cm³/mol. The van der Waals surface area contributed by atoms with Gasteiger partial charge in [0.15, 0.2) is 0 Å². The summed E-state index contributed by atoms with van der Waals surface area (Å²) in [5, 5.41) is 9.42. The Labute approximate surface area is 102 Å². The summed E-state index contributed by atoms with van der Waals surface area (Å²) in [7, 11) is 0. The van der Waals surface area contributed by atoms with Crippen LogP contribution < -0.4 is 4.90 Å². The SMILES string of the molecule is CCC1CCCN1c1ccc(C(C)O)cc1F. The number of aliphatic hydroxyl groups excluding tert-OH is 1. The van der Waals surface area contributed by atoms with Crippen LogP contribution in [0.15, 0.2) is 18.2 Å². The first kappa shape index (κ1) is 12.4. The topological polar surface area (TPSA) is 23.5 Å². The van der Waals surface area contributed by atoms with E-state index in [1.54, 1.807) is 13.0 Å². The molecule has 3 heteroatoms. The molecule has 0 bridgehead atoms. The summed E-state index contributed by atoms with van der Waals surface area (Å²) in [6.45, 7) is 4.73. The Kier molecular flexibility index (Phi) is 3.67. The average Bonchev–Trinajstić information content (AvgIpc) is 2.76. The van der Waals surface area contributed by atoms with Crippen molar-refractivity contribution in [2.45, 2.75) is 45.3 Å². The number of benzene rings is 1. The van der Waals surface area contributed by atoms with Gasteiger partial charge in [-0.2, -0.15) is 0 Å². The second kappa shape index (κ2) is 5.05. The van der Waals surface area contributed by atoms with Crippen molar-refractivity contribution in [2.24, 2.45) is 0 Å². The fourth-order valence-corrected chi connectivity index (χ4v) is 2.59. The second-order valence-electron chi connectivity index (χ2n) is 4.78. The molecule has 0 amide bonds. The van der Waals surface area contributed by atoms with E-state index in [0.717, 1.165) is 25.8 Å². The number of nitrogens with zero attached hydrogens (tertiary/aromatic N) is 1. The molecule has 1 aromatic rings. The lowest BCUT2D eigenvalue weighted by Crippen LogP contribution is -2.29. The summed E-state index contributed by atoms with van der Waals surface area (Å²) in [5.41, 5.74) is 1.32. The summed E-state index contributed by atoms with van der Waals surface area (Å²) in [6.07, 6.45) is 2.72. The zero-order chi connectivity index (χ0) is 12.4. The highest BCUT2D eigenvalue weighted by Gasteiger charge is 2.25. The van der Waals surface area contributed by atoms with Crippen LogP contribution in [0, 0.1) is 5.82 Å². The third-order valence-corrected chi connectivity index (χ3v) is 3.61. The molecule has 1 fully saturated rings. The van der Waals surface area contributed by atoms with Gasteiger partial charge in [-0.3, -0.25) is 0 Å². The standard InChI is InChI=1S/C14H20FNO/c1-3-12-5-4-8-16(12)14-7-6-11(10(2)17)9-13(14)15/h6-7,9-10,12,17H,3-5,8H2,1-2H3. The van der Waals surface area contributed by atoms with E-state index in [-0.39, 0.29) is 5.82 Å². The molecule has 17 heavy (non-hydrogen) atoms. The van der Waals surface area contributed by atoms with Gasteiger partial charge in [0.2, 0.25) is 0 Å². The Morgan fingerprint density at radius 1 is 1.53 bits per heavy atom. The lowest BCUT2D eigenvalue weighted by molar-refractivity contribution is 0.199. The van der Waals surface area contributed by atoms with Crippen LogP contribution in [-0.4, -0.2) is 17.7 Å². The molecule has 1 aliphatic rings. The Hall–Kier alpha value is -1.09. The lowest BCUT2D eigenvalue weighted by atomic mass is 10.1. The van der Waals surface area contributed by atoms with Gasteiger partial charge in [0.25, 0.3) is 0 Å². The fourth-order valence-electron chi connectivity index (χ4n) is 2.59. The first-order valence-electron chi connectivity index (χ1n) is 6.37. The van der Waals surface area contributed by atoms with Crippen LogP contribution in [0.3, 0.4) is 0 Å². The maximum Gasteiger partial charge on any atom is 0.146 e. The van der Waals surface area contributed by atoms with E-state index < -0.39 is 6.10 Å². The molecule has 2 unspecified atom stereocenters. The number of aliphatic hydroxyl groups is 1. The van der Waals surface area contributed by atoms with Gasteiger partial charge in [-0.05, 0) is 43.9 Å². The highest BCUT2D eigenvalue weighted by molar-refractivity contribution is 5.51. The molecule has 1 aliphatic heterocycles. The van der Waals surface area contributed by atoms with Gasteiger partial charge in [0, 0.05) is 12.6 Å². The largest absolute Gasteiger partial charge is 0.389 e. The molecule has 2 nitrogen and oxygen atoms in total. The van der Waals surface area contributed by atoms with E-state index in [4.69, 9.17) is 0 Å². The summed E-state index contributed by atoms with van der Waals surface area (Å²) < 4.78 is 14.0. The van der Waals surface area contributed by atoms with Crippen LogP contribution >= 0.6 is 0 Å². The molecule has 0 saturated carbocycles. The zero-order valence-corrected chi connectivity index (χ0v) is 10.5. The Bertz CT molecular complexity index is 392. The second-order valence-corrected chi connectivity index (χ2v) is 4.78. The van der Waals surface area contributed by atoms with Crippen LogP contribution in [0.2, 0.25) is 0 Å². The monoisotopic (exact) mass is 237 g/mol. The van der Waals surface area contributed by atoms with E-state index in [2.05, 4.69) is 11.8 Å². The highest BCUT2D eigenvalue weighted by atomic mass is 19.1. The minimum Gasteiger partial charge on any atom is -0.389 e. The molecular formula is C14H20FNO. The minimum atomic E-state index is -0.612. The number of anilines is 1. The third kappa shape index (κ3) is 2.44. The van der Waals surface area contributed by atoms with Gasteiger partial charge < -0.3 is 10.0 Å². The first-order valence-corrected chi connectivity index (χ1v) is 6.37. The number of rotatable bonds is 3. The van der Waals surface area contributed by atoms with Gasteiger partial charge in [0.05, 0.1) is 11.8 Å². The van der Waals surface area contributed by atoms with Crippen molar-refractivity contribution in [3.8, 4) is 0 Å². The maximum atomic E-state index is 14.0. The molecule has 0 aliphatic carbocycles. The van der Waals surface area contributed by atoms with E-state index in [1.807, 2.05) is 6.07 Å². The summed E-state index contributed by atoms with van der Waals surface area (Å²) in [5.74, 6) is -0.219. The Morgan fingerprint density at radius 2 is 2.29 bits per heavy atom. The van der Waals surface area contributed by atoms with E-state index in [0.29, 0.717) is 17.3 Å². The molecule has 0 spiro atoms. The van der Waals surface area contributed by atoms with Crippen LogP contribution in [0.25, 0.3) is 0 Å². The van der Waals surface area contributed by atoms with Crippen molar-refractivity contribution < 1.29 is 9.50 Å². The normalized spacial score (nSPS) is 21.9. The molecule has 1 heterocycles. The van der Waals surface area contributed by atoms with E-state index >= 15 is 0 Å². The number of halogens is 1. The number of hydrogen-bond donors (Lipinski definition) is 1. The maximum absolute atomic E-state index is 14.0. The highest BCUT2D eigenvalue weighted by Crippen LogP contribution is 2.30. The van der Waals surface area contributed by atoms with Crippen molar-refractivity contribution in [3.63, 3.8) is 0 Å². The van der Waals surface area contributed by atoms with Crippen molar-refractivity contribution in [1.82, 2.24) is 0 Å². The predicted octanol–water partition coefficient (Wildman–Crippen LogP) is 3.26. The summed E-state index contributed by atoms with van der Waals surface area (Å²) >= 11 is 0. The van der Waals surface area contributed by atoms with Crippen molar-refractivity contribution >= 4 is 5.69 Å². The van der Waals surface area contributed by atoms with Crippen molar-refractivity contribution in [1.29, 1.82) is 0 Å². The smallest absolute Gasteiger partial charge is 0.146 e. The van der Waals surface area contributed by atoms with E-state index in [1.165, 1.54) is 6.07 Å². The first-order chi connectivity index (χ1) is 8.13. The molecule has 0 radical (unpaired) electrons. The van der Waals surface area contributed by atoms with Crippen molar-refractivity contribution in [2.75, 3.05) is 11.4 Å². The Balaban J connectivity index is 2.27. The van der Waals surface area contributed by atoms with Gasteiger partial charge in [-0.1, -0.05) is 13.0 Å². The molecule has 94 valence electrons. The molecule has 1 N–H and O–H groups in total. The molecule has 1 saturated heterocycles. The quantitative estimate of drug-likeness (QED) is 0.872. The Morgan fingerprint density at radius 3 is 2.88 bits per heavy atom. The van der Waals surface area contributed by atoms with Gasteiger partial charge in [0.1, 0.15) is 5.82 Å². The molecule has 1 aromatic carbocycles. The van der Waals surface area contributed by atoms with Gasteiger partial charge in [-0.15, -0.1) is 0 Å². The van der Waals surface area contributed by atoms with Crippen LogP contribution in [0.4, 0.5) is 10.1 Å². The lowest BCUT2D eigenvalue weighted by Gasteiger charge is -2.26. The molecule has 2 rings (SSSR count). The van der Waals surface area contributed by atoms with E-state index in [9.17, 15) is 9.50 Å². The fraction of sp³-hybridized carbons (Fsp3) is 0.571. The van der Waals surface area contributed by atoms with Crippen LogP contribution in [0.1, 0.15) is 44.8 Å². The zero-order valence-electron chi connectivity index (χ0n) is 10.5. The average molecular weight is 237 g/mol. The molecule has 2 atom stereocenters. The van der Waals surface area contributed by atoms with Gasteiger partial charge in [-0.25, -0.2) is 4.39 Å². The summed E-state index contributed by atoms with van der Waals surface area (Å²) in [6, 6.07) is 5.52. The van der Waals surface area contributed by atoms with Crippen molar-refractivity contribution in [3.05, 3.63) is 29.6 Å². The minimum absolute atomic E-state index is 0.219. The molecular weight excluding hydrogens is 217 g/mol. The van der Waals surface area contributed by atoms with Crippen LogP contribution in [-0.2, 0) is 0 Å². The summed E-state index contributed by atoms with van der Waals surface area (Å²) in [4.78, 5) is 2.15. The molecule has 0 aromatic heterocycles. The van der Waals surface area contributed by atoms with Gasteiger partial charge >= 0.3 is 0 Å². The van der Waals surface area contributed by atoms with Crippen LogP contribution in [0.5, 0.6) is 0 Å². The third-order valence-electron chi connectivity index (χ3n) is 3.61.